The molecule has 0 saturated heterocycles. The van der Waals surface area contributed by atoms with E-state index in [0.29, 0.717) is 11.4 Å². The summed E-state index contributed by atoms with van der Waals surface area (Å²) in [6.45, 7) is 5.46. The van der Waals surface area contributed by atoms with Gasteiger partial charge in [-0.15, -0.1) is 0 Å². The zero-order valence-corrected chi connectivity index (χ0v) is 11.9. The Bertz CT molecular complexity index is 438. The molecule has 7 nitrogen and oxygen atoms in total. The van der Waals surface area contributed by atoms with Crippen molar-refractivity contribution in [2.24, 2.45) is 5.84 Å². The second-order valence-electron chi connectivity index (χ2n) is 4.72. The summed E-state index contributed by atoms with van der Waals surface area (Å²) in [4.78, 5) is 10.4. The highest BCUT2D eigenvalue weighted by Crippen LogP contribution is 2.23. The van der Waals surface area contributed by atoms with E-state index in [2.05, 4.69) is 10.7 Å². The molecule has 1 rings (SSSR count). The molecular weight excluding hydrogens is 260 g/mol. The minimum absolute atomic E-state index is 0.00564. The molecule has 0 heterocycles. The highest BCUT2D eigenvalue weighted by Gasteiger charge is 2.09. The third-order valence-corrected chi connectivity index (χ3v) is 2.65. The van der Waals surface area contributed by atoms with Gasteiger partial charge in [0.05, 0.1) is 16.7 Å². The van der Waals surface area contributed by atoms with Crippen LogP contribution in [0.1, 0.15) is 26.7 Å². The first kappa shape index (κ1) is 16.2. The number of hydrazine groups is 1. The van der Waals surface area contributed by atoms with Gasteiger partial charge < -0.3 is 15.5 Å². The van der Waals surface area contributed by atoms with Crippen LogP contribution < -0.4 is 16.6 Å². The Labute approximate surface area is 118 Å². The first-order valence-corrected chi connectivity index (χ1v) is 6.64. The molecule has 0 bridgehead atoms. The molecule has 0 amide bonds. The summed E-state index contributed by atoms with van der Waals surface area (Å²) in [6.07, 6.45) is 2.13. The number of nitrogens with two attached hydrogens (primary N) is 1. The average Bonchev–Trinajstić information content (AvgIpc) is 2.41. The van der Waals surface area contributed by atoms with Crippen LogP contribution in [0.25, 0.3) is 0 Å². The molecule has 0 radical (unpaired) electrons. The van der Waals surface area contributed by atoms with Crippen molar-refractivity contribution < 1.29 is 9.66 Å². The van der Waals surface area contributed by atoms with E-state index in [4.69, 9.17) is 10.6 Å². The van der Waals surface area contributed by atoms with Crippen LogP contribution >= 0.6 is 0 Å². The van der Waals surface area contributed by atoms with Gasteiger partial charge in [0.1, 0.15) is 0 Å². The van der Waals surface area contributed by atoms with Crippen molar-refractivity contribution in [2.45, 2.75) is 32.8 Å². The number of ether oxygens (including phenoxy) is 1. The van der Waals surface area contributed by atoms with Crippen LogP contribution in [0.5, 0.6) is 0 Å². The summed E-state index contributed by atoms with van der Waals surface area (Å²) in [7, 11) is 0. The lowest BCUT2D eigenvalue weighted by atomic mass is 10.2. The highest BCUT2D eigenvalue weighted by molar-refractivity contribution is 5.63. The monoisotopic (exact) mass is 282 g/mol. The second-order valence-corrected chi connectivity index (χ2v) is 4.72. The number of hydrogen-bond donors (Lipinski definition) is 3. The van der Waals surface area contributed by atoms with Crippen molar-refractivity contribution in [1.82, 2.24) is 0 Å². The molecule has 7 heteroatoms. The lowest BCUT2D eigenvalue weighted by Crippen LogP contribution is -2.09. The number of rotatable bonds is 9. The van der Waals surface area contributed by atoms with E-state index >= 15 is 0 Å². The summed E-state index contributed by atoms with van der Waals surface area (Å²) in [5.41, 5.74) is 3.61. The molecule has 20 heavy (non-hydrogen) atoms. The molecule has 0 aromatic heterocycles. The maximum absolute atomic E-state index is 10.8. The van der Waals surface area contributed by atoms with Crippen LogP contribution in [0.2, 0.25) is 0 Å². The smallest absolute Gasteiger partial charge is 0.273 e. The van der Waals surface area contributed by atoms with E-state index in [9.17, 15) is 10.1 Å². The number of benzene rings is 1. The van der Waals surface area contributed by atoms with Crippen molar-refractivity contribution in [3.05, 3.63) is 28.3 Å². The Morgan fingerprint density at radius 1 is 1.30 bits per heavy atom. The summed E-state index contributed by atoms with van der Waals surface area (Å²) in [6, 6.07) is 4.62. The number of nitrogens with one attached hydrogen (secondary N) is 2. The number of anilines is 2. The number of nitro benzene ring substituents is 1. The molecule has 0 aliphatic carbocycles. The van der Waals surface area contributed by atoms with E-state index in [1.54, 1.807) is 6.07 Å². The molecule has 0 aliphatic rings. The molecule has 1 aromatic rings. The van der Waals surface area contributed by atoms with Gasteiger partial charge in [-0.1, -0.05) is 0 Å². The Morgan fingerprint density at radius 3 is 2.60 bits per heavy atom. The molecule has 0 aliphatic heterocycles. The molecular formula is C13H22N4O3. The molecule has 0 fully saturated rings. The Kier molecular flexibility index (Phi) is 6.75. The fourth-order valence-electron chi connectivity index (χ4n) is 1.68. The first-order valence-electron chi connectivity index (χ1n) is 6.64. The van der Waals surface area contributed by atoms with Crippen molar-refractivity contribution >= 4 is 17.1 Å². The van der Waals surface area contributed by atoms with Crippen LogP contribution in [0.15, 0.2) is 18.2 Å². The zero-order chi connectivity index (χ0) is 15.0. The number of nitrogen functional groups attached to an aromatic ring is 1. The van der Waals surface area contributed by atoms with Gasteiger partial charge >= 0.3 is 0 Å². The Hall–Kier alpha value is -1.86. The lowest BCUT2D eigenvalue weighted by Gasteiger charge is -2.10. The molecule has 1 aromatic carbocycles. The topological polar surface area (TPSA) is 102 Å². The minimum Gasteiger partial charge on any atom is -0.385 e. The van der Waals surface area contributed by atoms with E-state index in [1.807, 2.05) is 13.8 Å². The quantitative estimate of drug-likeness (QED) is 0.278. The maximum atomic E-state index is 10.8. The Balaban J connectivity index is 2.43. The summed E-state index contributed by atoms with van der Waals surface area (Å²) in [5, 5.41) is 13.9. The molecule has 0 atom stereocenters. The second kappa shape index (κ2) is 8.34. The van der Waals surface area contributed by atoms with Crippen LogP contribution in [0, 0.1) is 10.1 Å². The van der Waals surface area contributed by atoms with Gasteiger partial charge in [-0.3, -0.25) is 16.0 Å². The summed E-state index contributed by atoms with van der Waals surface area (Å²) in [5.74, 6) is 5.29. The predicted molar refractivity (Wildman–Crippen MR) is 79.7 cm³/mol. The standard InChI is InChI=1S/C13H22N4O3/c1-10(2)20-6-4-3-5-15-11-7-12(16-14)9-13(8-11)17(18)19/h7-10,15-16H,3-6,14H2,1-2H3. The molecule has 0 unspecified atom stereocenters. The van der Waals surface area contributed by atoms with Gasteiger partial charge in [-0.25, -0.2) is 0 Å². The fraction of sp³-hybridized carbons (Fsp3) is 0.538. The minimum atomic E-state index is -0.442. The van der Waals surface area contributed by atoms with Crippen molar-refractivity contribution in [2.75, 3.05) is 23.9 Å². The van der Waals surface area contributed by atoms with E-state index in [0.717, 1.165) is 26.0 Å². The third-order valence-electron chi connectivity index (χ3n) is 2.65. The van der Waals surface area contributed by atoms with Crippen LogP contribution in [-0.2, 0) is 4.74 Å². The van der Waals surface area contributed by atoms with Gasteiger partial charge in [0.25, 0.3) is 5.69 Å². The fourth-order valence-corrected chi connectivity index (χ4v) is 1.68. The van der Waals surface area contributed by atoms with Gasteiger partial charge in [0.15, 0.2) is 0 Å². The average molecular weight is 282 g/mol. The summed E-state index contributed by atoms with van der Waals surface area (Å²) >= 11 is 0. The lowest BCUT2D eigenvalue weighted by molar-refractivity contribution is -0.384. The molecule has 4 N–H and O–H groups in total. The number of nitrogens with zero attached hydrogens (tertiary/aromatic N) is 1. The van der Waals surface area contributed by atoms with Crippen LogP contribution in [0.4, 0.5) is 17.1 Å². The van der Waals surface area contributed by atoms with Crippen molar-refractivity contribution in [1.29, 1.82) is 0 Å². The number of hydrogen-bond acceptors (Lipinski definition) is 6. The van der Waals surface area contributed by atoms with Gasteiger partial charge in [0.2, 0.25) is 0 Å². The van der Waals surface area contributed by atoms with E-state index < -0.39 is 4.92 Å². The van der Waals surface area contributed by atoms with E-state index in [1.165, 1.54) is 12.1 Å². The van der Waals surface area contributed by atoms with Crippen molar-refractivity contribution in [3.8, 4) is 0 Å². The number of non-ortho nitro benzene ring substituents is 1. The van der Waals surface area contributed by atoms with E-state index in [-0.39, 0.29) is 11.8 Å². The normalized spacial score (nSPS) is 10.6. The molecule has 112 valence electrons. The van der Waals surface area contributed by atoms with Gasteiger partial charge in [0, 0.05) is 31.0 Å². The zero-order valence-electron chi connectivity index (χ0n) is 11.9. The number of unbranched alkanes of at least 4 members (excludes halogenated alkanes) is 1. The largest absolute Gasteiger partial charge is 0.385 e. The maximum Gasteiger partial charge on any atom is 0.273 e. The Morgan fingerprint density at radius 2 is 2.00 bits per heavy atom. The van der Waals surface area contributed by atoms with Crippen LogP contribution in [0.3, 0.4) is 0 Å². The third kappa shape index (κ3) is 5.85. The summed E-state index contributed by atoms with van der Waals surface area (Å²) < 4.78 is 5.44. The van der Waals surface area contributed by atoms with Gasteiger partial charge in [-0.2, -0.15) is 0 Å². The number of nitro groups is 1. The predicted octanol–water partition coefficient (Wildman–Crippen LogP) is 2.50. The van der Waals surface area contributed by atoms with Crippen LogP contribution in [-0.4, -0.2) is 24.2 Å². The van der Waals surface area contributed by atoms with Gasteiger partial charge in [-0.05, 0) is 32.8 Å². The highest BCUT2D eigenvalue weighted by atomic mass is 16.6. The SMILES string of the molecule is CC(C)OCCCCNc1cc(NN)cc([N+](=O)[O-])c1. The van der Waals surface area contributed by atoms with Crippen molar-refractivity contribution in [3.63, 3.8) is 0 Å². The molecule has 0 spiro atoms. The molecule has 0 saturated carbocycles. The first-order chi connectivity index (χ1) is 9.52.